The van der Waals surface area contributed by atoms with Crippen molar-refractivity contribution in [2.45, 2.75) is 6.04 Å². The average molecular weight is 295 g/mol. The van der Waals surface area contributed by atoms with Crippen LogP contribution in [-0.4, -0.2) is 24.2 Å². The minimum absolute atomic E-state index is 0.388. The molecule has 7 heteroatoms. The molecule has 1 heterocycles. The zero-order chi connectivity index (χ0) is 14.5. The molecule has 20 heavy (non-hydrogen) atoms. The Bertz CT molecular complexity index is 594. The van der Waals surface area contributed by atoms with Gasteiger partial charge in [0.05, 0.1) is 26.0 Å². The minimum atomic E-state index is -0.388. The second kappa shape index (κ2) is 6.51. The largest absolute Gasteiger partial charge is 0.496 e. The lowest BCUT2D eigenvalue weighted by molar-refractivity contribution is 0.392. The van der Waals surface area contributed by atoms with E-state index in [0.29, 0.717) is 22.3 Å². The minimum Gasteiger partial charge on any atom is -0.496 e. The molecule has 1 aromatic heterocycles. The number of nitrogens with zero attached hydrogens (tertiary/aromatic N) is 2. The highest BCUT2D eigenvalue weighted by atomic mass is 35.5. The molecular weight excluding hydrogens is 280 g/mol. The molecule has 1 atom stereocenters. The molecule has 2 aromatic rings. The Morgan fingerprint density at radius 1 is 1.20 bits per heavy atom. The fourth-order valence-electron chi connectivity index (χ4n) is 1.89. The number of hydrogen-bond acceptors (Lipinski definition) is 6. The van der Waals surface area contributed by atoms with Crippen LogP contribution in [0, 0.1) is 0 Å². The molecule has 0 aliphatic rings. The molecule has 0 bridgehead atoms. The van der Waals surface area contributed by atoms with Crippen molar-refractivity contribution in [2.24, 2.45) is 5.84 Å². The smallest absolute Gasteiger partial charge is 0.216 e. The maximum atomic E-state index is 6.04. The number of hydrogen-bond donors (Lipinski definition) is 2. The highest BCUT2D eigenvalue weighted by Crippen LogP contribution is 2.31. The zero-order valence-corrected chi connectivity index (χ0v) is 11.9. The van der Waals surface area contributed by atoms with Crippen molar-refractivity contribution >= 4 is 11.6 Å². The first-order chi connectivity index (χ1) is 9.69. The summed E-state index contributed by atoms with van der Waals surface area (Å²) in [5, 5.41) is 0.585. The van der Waals surface area contributed by atoms with E-state index in [1.165, 1.54) is 13.4 Å². The lowest BCUT2D eigenvalue weighted by Gasteiger charge is -2.19. The Labute approximate surface area is 121 Å². The molecule has 106 valence electrons. The normalized spacial score (nSPS) is 12.0. The van der Waals surface area contributed by atoms with Crippen molar-refractivity contribution in [1.29, 1.82) is 0 Å². The van der Waals surface area contributed by atoms with Crippen LogP contribution in [0.4, 0.5) is 0 Å². The Balaban J connectivity index is 2.48. The van der Waals surface area contributed by atoms with E-state index in [1.807, 2.05) is 0 Å². The van der Waals surface area contributed by atoms with Crippen LogP contribution >= 0.6 is 11.6 Å². The number of nitrogens with two attached hydrogens (primary N) is 1. The number of nitrogens with one attached hydrogen (secondary N) is 1. The third kappa shape index (κ3) is 2.98. The first kappa shape index (κ1) is 14.5. The molecule has 0 aliphatic carbocycles. The van der Waals surface area contributed by atoms with Gasteiger partial charge < -0.3 is 9.47 Å². The van der Waals surface area contributed by atoms with Crippen molar-refractivity contribution in [2.75, 3.05) is 14.2 Å². The molecule has 1 unspecified atom stereocenters. The van der Waals surface area contributed by atoms with Gasteiger partial charge in [-0.25, -0.2) is 15.4 Å². The van der Waals surface area contributed by atoms with E-state index < -0.39 is 0 Å². The number of rotatable bonds is 5. The molecule has 0 saturated carbocycles. The molecule has 0 amide bonds. The lowest BCUT2D eigenvalue weighted by Crippen LogP contribution is -2.30. The summed E-state index contributed by atoms with van der Waals surface area (Å²) in [7, 11) is 3.12. The van der Waals surface area contributed by atoms with E-state index in [0.717, 1.165) is 5.56 Å². The number of aromatic nitrogens is 2. The second-order valence-corrected chi connectivity index (χ2v) is 4.41. The molecule has 1 aromatic carbocycles. The van der Waals surface area contributed by atoms with Gasteiger partial charge in [0.1, 0.15) is 12.1 Å². The first-order valence-corrected chi connectivity index (χ1v) is 6.23. The summed E-state index contributed by atoms with van der Waals surface area (Å²) in [4.78, 5) is 8.18. The predicted octanol–water partition coefficient (Wildman–Crippen LogP) is 1.70. The van der Waals surface area contributed by atoms with Gasteiger partial charge in [0.2, 0.25) is 5.88 Å². The summed E-state index contributed by atoms with van der Waals surface area (Å²) in [6.07, 6.45) is 1.41. The van der Waals surface area contributed by atoms with Crippen molar-refractivity contribution < 1.29 is 9.47 Å². The fraction of sp³-hybridized carbons (Fsp3) is 0.231. The standard InChI is InChI=1S/C13H15ClN4O2/c1-19-11-4-3-8(14)5-9(11)13(18-15)10-6-12(20-2)17-7-16-10/h3-7,13,18H,15H2,1-2H3. The Morgan fingerprint density at radius 3 is 2.65 bits per heavy atom. The summed E-state index contributed by atoms with van der Waals surface area (Å²) < 4.78 is 10.4. The van der Waals surface area contributed by atoms with Gasteiger partial charge in [-0.3, -0.25) is 5.84 Å². The van der Waals surface area contributed by atoms with Crippen molar-refractivity contribution in [3.8, 4) is 11.6 Å². The van der Waals surface area contributed by atoms with E-state index in [1.54, 1.807) is 31.4 Å². The number of ether oxygens (including phenoxy) is 2. The van der Waals surface area contributed by atoms with Crippen LogP contribution in [0.1, 0.15) is 17.3 Å². The number of hydrazine groups is 1. The van der Waals surface area contributed by atoms with E-state index in [2.05, 4.69) is 15.4 Å². The first-order valence-electron chi connectivity index (χ1n) is 5.85. The monoisotopic (exact) mass is 294 g/mol. The van der Waals surface area contributed by atoms with E-state index >= 15 is 0 Å². The molecule has 0 aliphatic heterocycles. The summed E-state index contributed by atoms with van der Waals surface area (Å²) in [6, 6.07) is 6.61. The third-order valence-electron chi connectivity index (χ3n) is 2.84. The van der Waals surface area contributed by atoms with Crippen LogP contribution in [0.2, 0.25) is 5.02 Å². The maximum Gasteiger partial charge on any atom is 0.216 e. The van der Waals surface area contributed by atoms with Gasteiger partial charge in [-0.05, 0) is 18.2 Å². The Hall–Kier alpha value is -1.89. The summed E-state index contributed by atoms with van der Waals surface area (Å²) in [5.74, 6) is 6.77. The summed E-state index contributed by atoms with van der Waals surface area (Å²) >= 11 is 6.04. The van der Waals surface area contributed by atoms with Crippen LogP contribution in [-0.2, 0) is 0 Å². The molecule has 0 fully saturated rings. The number of methoxy groups -OCH3 is 2. The Kier molecular flexibility index (Phi) is 4.73. The van der Waals surface area contributed by atoms with E-state index in [-0.39, 0.29) is 6.04 Å². The molecule has 0 saturated heterocycles. The third-order valence-corrected chi connectivity index (χ3v) is 3.07. The van der Waals surface area contributed by atoms with Crippen molar-refractivity contribution in [3.05, 3.63) is 46.9 Å². The molecular formula is C13H15ClN4O2. The van der Waals surface area contributed by atoms with Crippen molar-refractivity contribution in [1.82, 2.24) is 15.4 Å². The van der Waals surface area contributed by atoms with Gasteiger partial charge in [-0.15, -0.1) is 0 Å². The average Bonchev–Trinajstić information content (AvgIpc) is 2.48. The predicted molar refractivity (Wildman–Crippen MR) is 75.8 cm³/mol. The number of benzene rings is 1. The Morgan fingerprint density at radius 2 is 2.00 bits per heavy atom. The molecule has 0 radical (unpaired) electrons. The van der Waals surface area contributed by atoms with Crippen molar-refractivity contribution in [3.63, 3.8) is 0 Å². The summed E-state index contributed by atoms with van der Waals surface area (Å²) in [6.45, 7) is 0. The molecule has 6 nitrogen and oxygen atoms in total. The lowest BCUT2D eigenvalue weighted by atomic mass is 10.0. The fourth-order valence-corrected chi connectivity index (χ4v) is 2.07. The van der Waals surface area contributed by atoms with Gasteiger partial charge in [0, 0.05) is 16.7 Å². The van der Waals surface area contributed by atoms with Crippen LogP contribution in [0.25, 0.3) is 0 Å². The van der Waals surface area contributed by atoms with E-state index in [4.69, 9.17) is 26.9 Å². The van der Waals surface area contributed by atoms with Gasteiger partial charge in [-0.2, -0.15) is 0 Å². The topological polar surface area (TPSA) is 82.3 Å². The quantitative estimate of drug-likeness (QED) is 0.645. The van der Waals surface area contributed by atoms with Crippen LogP contribution in [0.15, 0.2) is 30.6 Å². The van der Waals surface area contributed by atoms with Crippen LogP contribution in [0.3, 0.4) is 0 Å². The van der Waals surface area contributed by atoms with Gasteiger partial charge in [-0.1, -0.05) is 11.6 Å². The molecule has 0 spiro atoms. The van der Waals surface area contributed by atoms with Crippen LogP contribution in [0.5, 0.6) is 11.6 Å². The van der Waals surface area contributed by atoms with Crippen LogP contribution < -0.4 is 20.7 Å². The van der Waals surface area contributed by atoms with E-state index in [9.17, 15) is 0 Å². The summed E-state index contributed by atoms with van der Waals surface area (Å²) in [5.41, 5.74) is 4.14. The zero-order valence-electron chi connectivity index (χ0n) is 11.1. The molecule has 3 N–H and O–H groups in total. The maximum absolute atomic E-state index is 6.04. The highest BCUT2D eigenvalue weighted by Gasteiger charge is 2.19. The molecule has 2 rings (SSSR count). The number of halogens is 1. The van der Waals surface area contributed by atoms with Gasteiger partial charge in [0.25, 0.3) is 0 Å². The second-order valence-electron chi connectivity index (χ2n) is 3.97. The SMILES string of the molecule is COc1cc(C(NN)c2cc(Cl)ccc2OC)ncn1. The highest BCUT2D eigenvalue weighted by molar-refractivity contribution is 6.30. The van der Waals surface area contributed by atoms with Gasteiger partial charge >= 0.3 is 0 Å². The van der Waals surface area contributed by atoms with Gasteiger partial charge in [0.15, 0.2) is 0 Å².